The molecule has 200 valence electrons. The van der Waals surface area contributed by atoms with Crippen molar-refractivity contribution in [2.75, 3.05) is 35.9 Å². The Bertz CT molecular complexity index is 1440. The molecule has 1 aromatic heterocycles. The van der Waals surface area contributed by atoms with Crippen LogP contribution < -0.4 is 19.1 Å². The van der Waals surface area contributed by atoms with Crippen LogP contribution in [0.25, 0.3) is 5.69 Å². The highest BCUT2D eigenvalue weighted by Gasteiger charge is 2.33. The minimum absolute atomic E-state index is 0.0537. The number of aromatic nitrogens is 2. The fourth-order valence-corrected chi connectivity index (χ4v) is 5.71. The second kappa shape index (κ2) is 11.5. The van der Waals surface area contributed by atoms with Gasteiger partial charge in [-0.3, -0.25) is 18.2 Å². The van der Waals surface area contributed by atoms with Gasteiger partial charge in [-0.1, -0.05) is 42.5 Å². The van der Waals surface area contributed by atoms with Crippen LogP contribution in [0.3, 0.4) is 0 Å². The minimum atomic E-state index is -0.434. The number of anilines is 2. The molecule has 5 rings (SSSR count). The summed E-state index contributed by atoms with van der Waals surface area (Å²) in [6, 6.07) is 25.2. The molecule has 0 saturated carbocycles. The van der Waals surface area contributed by atoms with Gasteiger partial charge in [0.05, 0.1) is 36.7 Å². The molecule has 0 spiro atoms. The van der Waals surface area contributed by atoms with Crippen LogP contribution in [0.5, 0.6) is 5.75 Å². The number of likely N-dealkylation sites (N-methyl/N-ethyl adjacent to an activating group) is 1. The first-order chi connectivity index (χ1) is 18.9. The van der Waals surface area contributed by atoms with E-state index in [1.807, 2.05) is 93.2 Å². The zero-order valence-corrected chi connectivity index (χ0v) is 22.6. The van der Waals surface area contributed by atoms with E-state index in [4.69, 9.17) is 15.5 Å². The molecule has 1 unspecified atom stereocenters. The van der Waals surface area contributed by atoms with Crippen molar-refractivity contribution in [1.82, 2.24) is 14.5 Å². The number of nitrogens with two attached hydrogens (primary N) is 1. The highest BCUT2D eigenvalue weighted by Crippen LogP contribution is 2.44. The van der Waals surface area contributed by atoms with Crippen LogP contribution in [0.15, 0.2) is 91.3 Å². The van der Waals surface area contributed by atoms with Gasteiger partial charge in [0.15, 0.2) is 0 Å². The monoisotopic (exact) mass is 542 g/mol. The average Bonchev–Trinajstić information content (AvgIpc) is 3.57. The molecule has 0 radical (unpaired) electrons. The fraction of sp³-hybridized carbons (Fsp3) is 0.207. The fourth-order valence-electron chi connectivity index (χ4n) is 4.63. The van der Waals surface area contributed by atoms with Crippen LogP contribution in [0.1, 0.15) is 17.4 Å². The number of hydrogen-bond donors (Lipinski definition) is 1. The Morgan fingerprint density at radius 2 is 1.59 bits per heavy atom. The summed E-state index contributed by atoms with van der Waals surface area (Å²) in [7, 11) is 3.45. The molecule has 2 heterocycles. The van der Waals surface area contributed by atoms with Crippen molar-refractivity contribution in [3.05, 3.63) is 103 Å². The number of benzene rings is 3. The molecule has 1 aliphatic heterocycles. The number of nitrogens with zero attached hydrogens (tertiary/aromatic N) is 5. The van der Waals surface area contributed by atoms with Crippen LogP contribution >= 0.6 is 12.1 Å². The van der Waals surface area contributed by atoms with E-state index < -0.39 is 5.91 Å². The Hall–Kier alpha value is -4.44. The summed E-state index contributed by atoms with van der Waals surface area (Å²) in [5.74, 6) is 1.01. The van der Waals surface area contributed by atoms with Gasteiger partial charge in [-0.2, -0.15) is 0 Å². The van der Waals surface area contributed by atoms with Crippen molar-refractivity contribution < 1.29 is 14.3 Å². The van der Waals surface area contributed by atoms with Gasteiger partial charge in [-0.15, -0.1) is 0 Å². The highest BCUT2D eigenvalue weighted by atomic mass is 32.2. The van der Waals surface area contributed by atoms with E-state index in [-0.39, 0.29) is 25.0 Å². The molecule has 3 aromatic carbocycles. The number of amides is 2. The van der Waals surface area contributed by atoms with Gasteiger partial charge in [0.1, 0.15) is 24.7 Å². The molecule has 10 heteroatoms. The number of imidazole rings is 1. The molecule has 2 N–H and O–H groups in total. The Balaban J connectivity index is 1.43. The third-order valence-corrected chi connectivity index (χ3v) is 7.69. The summed E-state index contributed by atoms with van der Waals surface area (Å²) >= 11 is 1.32. The summed E-state index contributed by atoms with van der Waals surface area (Å²) in [5.41, 5.74) is 9.21. The number of primary amides is 1. The first-order valence-corrected chi connectivity index (χ1v) is 13.3. The Labute approximate surface area is 232 Å². The molecule has 4 aromatic rings. The van der Waals surface area contributed by atoms with E-state index in [1.54, 1.807) is 18.2 Å². The summed E-state index contributed by atoms with van der Waals surface area (Å²) in [6.07, 6.45) is 4.25. The van der Waals surface area contributed by atoms with E-state index in [0.29, 0.717) is 6.42 Å². The van der Waals surface area contributed by atoms with Crippen LogP contribution in [-0.2, 0) is 16.0 Å². The molecule has 0 aliphatic carbocycles. The van der Waals surface area contributed by atoms with E-state index in [2.05, 4.69) is 12.1 Å². The Morgan fingerprint density at radius 1 is 0.949 bits per heavy atom. The van der Waals surface area contributed by atoms with Crippen molar-refractivity contribution in [2.24, 2.45) is 5.73 Å². The maximum absolute atomic E-state index is 13.8. The standard InChI is InChI=1S/C29H30N6O3S/c1-32(28(37)20-35-25-11-7-6-10-24(25)34(39-35)19-27(30)36)26(18-21-8-4-3-5-9-21)29-31-16-17-33(29)22-12-14-23(38-2)15-13-22/h3-17,26H,18-20H2,1-2H3,(H2,30,36). The number of rotatable bonds is 10. The van der Waals surface area contributed by atoms with Gasteiger partial charge in [0.2, 0.25) is 11.8 Å². The normalized spacial score (nSPS) is 13.2. The lowest BCUT2D eigenvalue weighted by Crippen LogP contribution is -2.39. The number of carbonyl (C=O) groups excluding carboxylic acids is 2. The van der Waals surface area contributed by atoms with E-state index in [0.717, 1.165) is 34.2 Å². The van der Waals surface area contributed by atoms with Gasteiger partial charge >= 0.3 is 0 Å². The van der Waals surface area contributed by atoms with Crippen molar-refractivity contribution >= 4 is 35.3 Å². The van der Waals surface area contributed by atoms with Crippen molar-refractivity contribution in [1.29, 1.82) is 0 Å². The van der Waals surface area contributed by atoms with E-state index in [1.165, 1.54) is 12.1 Å². The van der Waals surface area contributed by atoms with Gasteiger partial charge in [-0.25, -0.2) is 4.98 Å². The third-order valence-electron chi connectivity index (χ3n) is 6.65. The lowest BCUT2D eigenvalue weighted by molar-refractivity contribution is -0.130. The van der Waals surface area contributed by atoms with Crippen LogP contribution in [0, 0.1) is 0 Å². The molecule has 0 fully saturated rings. The lowest BCUT2D eigenvalue weighted by atomic mass is 10.0. The first-order valence-electron chi connectivity index (χ1n) is 12.5. The maximum Gasteiger partial charge on any atom is 0.243 e. The molecule has 1 aliphatic rings. The molecule has 2 amide bonds. The predicted molar refractivity (Wildman–Crippen MR) is 154 cm³/mol. The van der Waals surface area contributed by atoms with Gasteiger partial charge in [-0.05, 0) is 42.0 Å². The van der Waals surface area contributed by atoms with Crippen LogP contribution in [0.4, 0.5) is 11.4 Å². The lowest BCUT2D eigenvalue weighted by Gasteiger charge is -2.30. The summed E-state index contributed by atoms with van der Waals surface area (Å²) in [4.78, 5) is 31.9. The molecule has 1 atom stereocenters. The topological polar surface area (TPSA) is 96.9 Å². The van der Waals surface area contributed by atoms with Crippen molar-refractivity contribution in [3.63, 3.8) is 0 Å². The summed E-state index contributed by atoms with van der Waals surface area (Å²) in [5, 5.41) is 0. The SMILES string of the molecule is COc1ccc(-n2ccnc2C(Cc2ccccc2)N(C)C(=O)CN2SN(CC(N)=O)c3ccccc32)cc1. The smallest absolute Gasteiger partial charge is 0.243 e. The third kappa shape index (κ3) is 5.70. The van der Waals surface area contributed by atoms with Gasteiger partial charge in [0, 0.05) is 31.5 Å². The predicted octanol–water partition coefficient (Wildman–Crippen LogP) is 4.00. The van der Waals surface area contributed by atoms with Crippen LogP contribution in [0.2, 0.25) is 0 Å². The molecule has 0 saturated heterocycles. The van der Waals surface area contributed by atoms with Gasteiger partial charge < -0.3 is 19.9 Å². The van der Waals surface area contributed by atoms with E-state index >= 15 is 0 Å². The quantitative estimate of drug-likeness (QED) is 0.303. The van der Waals surface area contributed by atoms with Crippen LogP contribution in [-0.4, -0.2) is 53.5 Å². The largest absolute Gasteiger partial charge is 0.497 e. The Kier molecular flexibility index (Phi) is 7.74. The number of methoxy groups -OCH3 is 1. The maximum atomic E-state index is 13.8. The average molecular weight is 543 g/mol. The minimum Gasteiger partial charge on any atom is -0.497 e. The summed E-state index contributed by atoms with van der Waals surface area (Å²) in [6.45, 7) is 0.167. The molecule has 39 heavy (non-hydrogen) atoms. The van der Waals surface area contributed by atoms with Crippen molar-refractivity contribution in [2.45, 2.75) is 12.5 Å². The first kappa shape index (κ1) is 26.2. The van der Waals surface area contributed by atoms with Crippen molar-refractivity contribution in [3.8, 4) is 11.4 Å². The number of ether oxygens (including phenoxy) is 1. The number of hydrogen-bond acceptors (Lipinski definition) is 7. The zero-order chi connectivity index (χ0) is 27.4. The second-order valence-electron chi connectivity index (χ2n) is 9.17. The Morgan fingerprint density at radius 3 is 2.23 bits per heavy atom. The highest BCUT2D eigenvalue weighted by molar-refractivity contribution is 8.02. The van der Waals surface area contributed by atoms with Gasteiger partial charge in [0.25, 0.3) is 0 Å². The molecule has 9 nitrogen and oxygen atoms in total. The summed E-state index contributed by atoms with van der Waals surface area (Å²) < 4.78 is 11.0. The number of para-hydroxylation sites is 2. The molecule has 0 bridgehead atoms. The van der Waals surface area contributed by atoms with E-state index in [9.17, 15) is 9.59 Å². The number of fused-ring (bicyclic) bond motifs is 1. The molecular weight excluding hydrogens is 512 g/mol. The second-order valence-corrected chi connectivity index (χ2v) is 10.2. The zero-order valence-electron chi connectivity index (χ0n) is 21.8. The number of carbonyl (C=O) groups is 2. The molecular formula is C29H30N6O3S.